The second-order valence-electron chi connectivity index (χ2n) is 5.74. The van der Waals surface area contributed by atoms with E-state index in [2.05, 4.69) is 56.7 Å². The second kappa shape index (κ2) is 11.0. The third kappa shape index (κ3) is 6.58. The van der Waals surface area contributed by atoms with Gasteiger partial charge in [-0.25, -0.2) is 19.6 Å². The molecule has 0 atom stereocenters. The van der Waals surface area contributed by atoms with Crippen LogP contribution in [0.4, 0.5) is 0 Å². The fraction of sp³-hybridized carbons (Fsp3) is 0.333. The van der Waals surface area contributed by atoms with Gasteiger partial charge in [-0.15, -0.1) is 35.3 Å². The molecule has 0 saturated heterocycles. The van der Waals surface area contributed by atoms with Crippen molar-refractivity contribution in [3.05, 3.63) is 58.6 Å². The zero-order valence-electron chi connectivity index (χ0n) is 15.4. The molecule has 27 heavy (non-hydrogen) atoms. The highest BCUT2D eigenvalue weighted by Gasteiger charge is 2.02. The third-order valence-electron chi connectivity index (χ3n) is 3.68. The molecule has 7 nitrogen and oxygen atoms in total. The summed E-state index contributed by atoms with van der Waals surface area (Å²) in [5, 5.41) is 11.9. The molecule has 3 rings (SSSR count). The average molecular weight is 497 g/mol. The van der Waals surface area contributed by atoms with Gasteiger partial charge < -0.3 is 10.6 Å². The molecule has 0 unspecified atom stereocenters. The number of nitrogens with zero attached hydrogens (tertiary/aromatic N) is 5. The van der Waals surface area contributed by atoms with Crippen molar-refractivity contribution in [2.75, 3.05) is 13.1 Å². The van der Waals surface area contributed by atoms with E-state index in [0.29, 0.717) is 6.54 Å². The van der Waals surface area contributed by atoms with Gasteiger partial charge in [-0.2, -0.15) is 5.10 Å². The van der Waals surface area contributed by atoms with Crippen LogP contribution in [0.15, 0.2) is 48.1 Å². The van der Waals surface area contributed by atoms with E-state index in [1.54, 1.807) is 22.3 Å². The molecule has 2 aromatic heterocycles. The molecule has 2 N–H and O–H groups in total. The van der Waals surface area contributed by atoms with Crippen LogP contribution in [0.1, 0.15) is 22.4 Å². The number of hydrogen-bond acceptors (Lipinski definition) is 5. The van der Waals surface area contributed by atoms with Gasteiger partial charge in [0.25, 0.3) is 0 Å². The Bertz CT molecular complexity index is 828. The van der Waals surface area contributed by atoms with E-state index >= 15 is 0 Å². The molecule has 2 heterocycles. The predicted molar refractivity (Wildman–Crippen MR) is 120 cm³/mol. The number of guanidine groups is 1. The average Bonchev–Trinajstić information content (AvgIpc) is 3.32. The minimum Gasteiger partial charge on any atom is -0.357 e. The Morgan fingerprint density at radius 3 is 2.67 bits per heavy atom. The van der Waals surface area contributed by atoms with E-state index in [0.717, 1.165) is 41.7 Å². The highest BCUT2D eigenvalue weighted by Crippen LogP contribution is 2.11. The quantitative estimate of drug-likeness (QED) is 0.298. The number of benzene rings is 1. The molecule has 0 spiro atoms. The largest absolute Gasteiger partial charge is 0.357 e. The summed E-state index contributed by atoms with van der Waals surface area (Å²) in [6.07, 6.45) is 6.03. The number of hydrogen-bond donors (Lipinski definition) is 2. The van der Waals surface area contributed by atoms with Crippen LogP contribution in [0.5, 0.6) is 0 Å². The highest BCUT2D eigenvalue weighted by atomic mass is 127. The van der Waals surface area contributed by atoms with Gasteiger partial charge in [-0.05, 0) is 31.5 Å². The van der Waals surface area contributed by atoms with E-state index in [1.807, 2.05) is 18.3 Å². The zero-order valence-corrected chi connectivity index (χ0v) is 18.6. The van der Waals surface area contributed by atoms with Crippen molar-refractivity contribution < 1.29 is 0 Å². The molecule has 0 amide bonds. The number of aryl methyl sites for hydroxylation is 1. The fourth-order valence-electron chi connectivity index (χ4n) is 2.41. The van der Waals surface area contributed by atoms with E-state index in [9.17, 15) is 0 Å². The van der Waals surface area contributed by atoms with Crippen molar-refractivity contribution in [3.8, 4) is 5.69 Å². The monoisotopic (exact) mass is 497 g/mol. The zero-order chi connectivity index (χ0) is 18.2. The van der Waals surface area contributed by atoms with Crippen molar-refractivity contribution in [1.82, 2.24) is 30.4 Å². The summed E-state index contributed by atoms with van der Waals surface area (Å²) in [6.45, 7) is 6.39. The molecule has 0 aliphatic rings. The maximum atomic E-state index is 4.66. The predicted octanol–water partition coefficient (Wildman–Crippen LogP) is 2.95. The van der Waals surface area contributed by atoms with E-state index in [-0.39, 0.29) is 24.0 Å². The summed E-state index contributed by atoms with van der Waals surface area (Å²) in [4.78, 5) is 14.3. The molecular weight excluding hydrogens is 473 g/mol. The van der Waals surface area contributed by atoms with Crippen molar-refractivity contribution in [2.24, 2.45) is 4.99 Å². The van der Waals surface area contributed by atoms with Gasteiger partial charge in [0.15, 0.2) is 5.96 Å². The number of nitrogens with one attached hydrogen (secondary N) is 2. The van der Waals surface area contributed by atoms with E-state index in [1.165, 1.54) is 11.2 Å². The Morgan fingerprint density at radius 2 is 2.04 bits per heavy atom. The Hall–Kier alpha value is -2.01. The van der Waals surface area contributed by atoms with Gasteiger partial charge in [-0.1, -0.05) is 12.1 Å². The minimum atomic E-state index is 0. The van der Waals surface area contributed by atoms with Crippen LogP contribution < -0.4 is 10.6 Å². The van der Waals surface area contributed by atoms with Gasteiger partial charge in [0, 0.05) is 30.6 Å². The van der Waals surface area contributed by atoms with Crippen LogP contribution in [-0.4, -0.2) is 38.8 Å². The van der Waals surface area contributed by atoms with E-state index in [4.69, 9.17) is 0 Å². The lowest BCUT2D eigenvalue weighted by molar-refractivity contribution is 0.796. The molecule has 0 fully saturated rings. The molecule has 0 aliphatic heterocycles. The topological polar surface area (TPSA) is 80.0 Å². The normalized spacial score (nSPS) is 11.1. The van der Waals surface area contributed by atoms with Gasteiger partial charge >= 0.3 is 0 Å². The highest BCUT2D eigenvalue weighted by molar-refractivity contribution is 14.0. The number of halogens is 1. The molecule has 144 valence electrons. The first-order chi connectivity index (χ1) is 12.7. The van der Waals surface area contributed by atoms with Crippen LogP contribution in [0.25, 0.3) is 5.69 Å². The molecular formula is C18H24IN7S. The molecule has 0 bridgehead atoms. The smallest absolute Gasteiger partial charge is 0.191 e. The summed E-state index contributed by atoms with van der Waals surface area (Å²) >= 11 is 1.74. The third-order valence-corrected chi connectivity index (χ3v) is 4.66. The lowest BCUT2D eigenvalue weighted by atomic mass is 10.2. The molecule has 9 heteroatoms. The molecule has 3 aromatic rings. The number of aromatic nitrogens is 4. The Labute approximate surface area is 180 Å². The SMILES string of the molecule is CCNC(=NCc1ccc(-n2cncn2)cc1)NCCc1ncc(C)s1.I. The minimum absolute atomic E-state index is 0. The first-order valence-electron chi connectivity index (χ1n) is 8.62. The van der Waals surface area contributed by atoms with Crippen molar-refractivity contribution in [3.63, 3.8) is 0 Å². The summed E-state index contributed by atoms with van der Waals surface area (Å²) < 4.78 is 1.74. The Balaban J connectivity index is 0.00000261. The summed E-state index contributed by atoms with van der Waals surface area (Å²) in [7, 11) is 0. The van der Waals surface area contributed by atoms with Crippen molar-refractivity contribution in [2.45, 2.75) is 26.8 Å². The van der Waals surface area contributed by atoms with E-state index < -0.39 is 0 Å². The van der Waals surface area contributed by atoms with Crippen LogP contribution in [-0.2, 0) is 13.0 Å². The summed E-state index contributed by atoms with van der Waals surface area (Å²) in [6, 6.07) is 8.15. The lowest BCUT2D eigenvalue weighted by Gasteiger charge is -2.10. The van der Waals surface area contributed by atoms with Gasteiger partial charge in [0.05, 0.1) is 17.2 Å². The van der Waals surface area contributed by atoms with Gasteiger partial charge in [0.2, 0.25) is 0 Å². The fourth-order valence-corrected chi connectivity index (χ4v) is 3.20. The van der Waals surface area contributed by atoms with Crippen LogP contribution in [0.3, 0.4) is 0 Å². The maximum absolute atomic E-state index is 4.66. The maximum Gasteiger partial charge on any atom is 0.191 e. The Morgan fingerprint density at radius 1 is 1.22 bits per heavy atom. The standard InChI is InChI=1S/C18H23N7S.HI/c1-3-20-18(21-9-8-17-22-10-14(2)26-17)23-11-15-4-6-16(7-5-15)25-13-19-12-24-25;/h4-7,10,12-13H,3,8-9,11H2,1-2H3,(H2,20,21,23);1H. The first-order valence-corrected chi connectivity index (χ1v) is 9.43. The number of thiazole rings is 1. The molecule has 1 aromatic carbocycles. The van der Waals surface area contributed by atoms with Gasteiger partial charge in [0.1, 0.15) is 12.7 Å². The van der Waals surface area contributed by atoms with Crippen LogP contribution in [0.2, 0.25) is 0 Å². The number of rotatable bonds is 7. The lowest BCUT2D eigenvalue weighted by Crippen LogP contribution is -2.38. The van der Waals surface area contributed by atoms with Crippen molar-refractivity contribution >= 4 is 41.3 Å². The summed E-state index contributed by atoms with van der Waals surface area (Å²) in [5.41, 5.74) is 2.13. The first kappa shape index (κ1) is 21.3. The summed E-state index contributed by atoms with van der Waals surface area (Å²) in [5.74, 6) is 0.820. The molecule has 0 saturated carbocycles. The molecule has 0 aliphatic carbocycles. The number of aliphatic imine (C=N–C) groups is 1. The van der Waals surface area contributed by atoms with Crippen LogP contribution >= 0.6 is 35.3 Å². The second-order valence-corrected chi connectivity index (χ2v) is 7.06. The molecule has 0 radical (unpaired) electrons. The van der Waals surface area contributed by atoms with Gasteiger partial charge in [-0.3, -0.25) is 0 Å². The van der Waals surface area contributed by atoms with Crippen molar-refractivity contribution in [1.29, 1.82) is 0 Å². The van der Waals surface area contributed by atoms with Crippen LogP contribution in [0, 0.1) is 6.92 Å². The Kier molecular flexibility index (Phi) is 8.65.